The summed E-state index contributed by atoms with van der Waals surface area (Å²) in [6.45, 7) is 3.80. The fourth-order valence-electron chi connectivity index (χ4n) is 3.11. The van der Waals surface area contributed by atoms with Gasteiger partial charge in [0, 0.05) is 28.2 Å². The van der Waals surface area contributed by atoms with E-state index < -0.39 is 0 Å². The van der Waals surface area contributed by atoms with Crippen LogP contribution in [0.25, 0.3) is 33.2 Å². The van der Waals surface area contributed by atoms with E-state index >= 15 is 0 Å². The van der Waals surface area contributed by atoms with Gasteiger partial charge in [0.15, 0.2) is 0 Å². The van der Waals surface area contributed by atoms with Gasteiger partial charge >= 0.3 is 0 Å². The van der Waals surface area contributed by atoms with Gasteiger partial charge in [0.1, 0.15) is 11.6 Å². The Morgan fingerprint density at radius 1 is 1.04 bits per heavy atom. The molecule has 0 aliphatic heterocycles. The van der Waals surface area contributed by atoms with Crippen molar-refractivity contribution in [3.63, 3.8) is 0 Å². The molecule has 0 radical (unpaired) electrons. The van der Waals surface area contributed by atoms with E-state index in [4.69, 9.17) is 4.52 Å². The molecule has 0 bridgehead atoms. The average molecular weight is 306 g/mol. The Balaban J connectivity index is 2.05. The first-order valence-electron chi connectivity index (χ1n) is 7.44. The maximum atomic E-state index is 14.3. The highest BCUT2D eigenvalue weighted by Crippen LogP contribution is 2.36. The van der Waals surface area contributed by atoms with Gasteiger partial charge in [-0.15, -0.1) is 0 Å². The molecule has 4 rings (SSSR count). The summed E-state index contributed by atoms with van der Waals surface area (Å²) in [6.07, 6.45) is 1.87. The van der Waals surface area contributed by atoms with Crippen molar-refractivity contribution in [3.8, 4) is 22.3 Å². The van der Waals surface area contributed by atoms with Gasteiger partial charge in [-0.2, -0.15) is 0 Å². The number of aromatic nitrogens is 2. The summed E-state index contributed by atoms with van der Waals surface area (Å²) < 4.78 is 19.6. The molecular weight excluding hydrogens is 291 g/mol. The lowest BCUT2D eigenvalue weighted by molar-refractivity contribution is 0.393. The van der Waals surface area contributed by atoms with Crippen molar-refractivity contribution in [2.24, 2.45) is 0 Å². The smallest absolute Gasteiger partial charge is 0.141 e. The van der Waals surface area contributed by atoms with Crippen LogP contribution in [-0.2, 0) is 0 Å². The van der Waals surface area contributed by atoms with Gasteiger partial charge in [-0.05, 0) is 49.2 Å². The average Bonchev–Trinajstić information content (AvgIpc) is 3.13. The van der Waals surface area contributed by atoms with Crippen LogP contribution in [0.2, 0.25) is 0 Å². The van der Waals surface area contributed by atoms with Crippen LogP contribution >= 0.6 is 0 Å². The van der Waals surface area contributed by atoms with E-state index in [1.54, 1.807) is 12.1 Å². The van der Waals surface area contributed by atoms with Crippen molar-refractivity contribution in [2.75, 3.05) is 0 Å². The van der Waals surface area contributed by atoms with E-state index in [2.05, 4.69) is 10.1 Å². The van der Waals surface area contributed by atoms with Crippen LogP contribution in [-0.4, -0.2) is 10.1 Å². The third-order valence-corrected chi connectivity index (χ3v) is 4.15. The molecule has 0 aliphatic rings. The maximum Gasteiger partial charge on any atom is 0.141 e. The minimum Gasteiger partial charge on any atom is -0.361 e. The molecular formula is C19H15FN2O. The Kier molecular flexibility index (Phi) is 3.05. The second kappa shape index (κ2) is 5.09. The van der Waals surface area contributed by atoms with Crippen LogP contribution in [0.5, 0.6) is 0 Å². The van der Waals surface area contributed by atoms with Crippen molar-refractivity contribution in [1.82, 2.24) is 10.1 Å². The zero-order valence-electron chi connectivity index (χ0n) is 12.9. The number of halogens is 1. The van der Waals surface area contributed by atoms with Crippen LogP contribution in [0.15, 0.2) is 53.2 Å². The highest BCUT2D eigenvalue weighted by atomic mass is 19.1. The zero-order chi connectivity index (χ0) is 16.0. The Morgan fingerprint density at radius 3 is 2.61 bits per heavy atom. The van der Waals surface area contributed by atoms with E-state index in [1.807, 2.05) is 44.3 Å². The zero-order valence-corrected chi connectivity index (χ0v) is 12.9. The number of aryl methyl sites for hydroxylation is 2. The Morgan fingerprint density at radius 2 is 1.87 bits per heavy atom. The van der Waals surface area contributed by atoms with Gasteiger partial charge in [0.2, 0.25) is 0 Å². The largest absolute Gasteiger partial charge is 0.361 e. The highest BCUT2D eigenvalue weighted by molar-refractivity contribution is 5.99. The molecule has 23 heavy (non-hydrogen) atoms. The van der Waals surface area contributed by atoms with Gasteiger partial charge in [0.05, 0.1) is 5.69 Å². The number of hydrogen-bond donors (Lipinski definition) is 1. The van der Waals surface area contributed by atoms with Crippen molar-refractivity contribution in [3.05, 3.63) is 65.9 Å². The van der Waals surface area contributed by atoms with Gasteiger partial charge in [-0.1, -0.05) is 23.4 Å². The monoisotopic (exact) mass is 306 g/mol. The predicted molar refractivity (Wildman–Crippen MR) is 88.7 cm³/mol. The predicted octanol–water partition coefficient (Wildman–Crippen LogP) is 5.25. The fourth-order valence-corrected chi connectivity index (χ4v) is 3.11. The molecule has 0 aliphatic carbocycles. The molecule has 0 unspecified atom stereocenters. The molecule has 0 amide bonds. The lowest BCUT2D eigenvalue weighted by Crippen LogP contribution is -1.88. The molecule has 2 aromatic heterocycles. The topological polar surface area (TPSA) is 41.8 Å². The number of fused-ring (bicyclic) bond motifs is 1. The van der Waals surface area contributed by atoms with Crippen molar-refractivity contribution in [1.29, 1.82) is 0 Å². The van der Waals surface area contributed by atoms with E-state index in [-0.39, 0.29) is 5.82 Å². The van der Waals surface area contributed by atoms with Crippen LogP contribution < -0.4 is 0 Å². The first-order valence-corrected chi connectivity index (χ1v) is 7.44. The summed E-state index contributed by atoms with van der Waals surface area (Å²) in [4.78, 5) is 3.22. The minimum atomic E-state index is -0.231. The summed E-state index contributed by atoms with van der Waals surface area (Å²) in [5.41, 5.74) is 5.16. The lowest BCUT2D eigenvalue weighted by atomic mass is 9.95. The molecule has 4 heteroatoms. The van der Waals surface area contributed by atoms with E-state index in [0.717, 1.165) is 39.0 Å². The minimum absolute atomic E-state index is 0.231. The van der Waals surface area contributed by atoms with E-state index in [9.17, 15) is 4.39 Å². The summed E-state index contributed by atoms with van der Waals surface area (Å²) in [5, 5.41) is 5.01. The molecule has 2 aromatic carbocycles. The number of hydrogen-bond acceptors (Lipinski definition) is 2. The number of benzene rings is 2. The number of nitrogens with one attached hydrogen (secondary N) is 1. The Hall–Kier alpha value is -2.88. The van der Waals surface area contributed by atoms with Gasteiger partial charge in [-0.25, -0.2) is 4.39 Å². The van der Waals surface area contributed by atoms with Crippen LogP contribution in [0, 0.1) is 19.7 Å². The Labute approximate surface area is 132 Å². The second-order valence-corrected chi connectivity index (χ2v) is 5.64. The van der Waals surface area contributed by atoms with Crippen LogP contribution in [0.1, 0.15) is 11.5 Å². The summed E-state index contributed by atoms with van der Waals surface area (Å²) >= 11 is 0. The summed E-state index contributed by atoms with van der Waals surface area (Å²) in [7, 11) is 0. The van der Waals surface area contributed by atoms with Gasteiger partial charge in [-0.3, -0.25) is 0 Å². The Bertz CT molecular complexity index is 994. The lowest BCUT2D eigenvalue weighted by Gasteiger charge is -2.09. The second-order valence-electron chi connectivity index (χ2n) is 5.64. The first-order chi connectivity index (χ1) is 11.1. The number of aromatic amines is 1. The third kappa shape index (κ3) is 2.14. The molecule has 114 valence electrons. The van der Waals surface area contributed by atoms with Crippen molar-refractivity contribution < 1.29 is 8.91 Å². The van der Waals surface area contributed by atoms with Crippen LogP contribution in [0.4, 0.5) is 4.39 Å². The van der Waals surface area contributed by atoms with Crippen molar-refractivity contribution >= 4 is 10.9 Å². The maximum absolute atomic E-state index is 14.3. The quantitative estimate of drug-likeness (QED) is 0.550. The first kappa shape index (κ1) is 13.8. The molecule has 1 N–H and O–H groups in total. The molecule has 0 fully saturated rings. The van der Waals surface area contributed by atoms with E-state index in [1.165, 1.54) is 6.07 Å². The fraction of sp³-hybridized carbons (Fsp3) is 0.105. The molecule has 2 heterocycles. The van der Waals surface area contributed by atoms with Crippen molar-refractivity contribution in [2.45, 2.75) is 13.8 Å². The molecule has 3 nitrogen and oxygen atoms in total. The molecule has 0 saturated heterocycles. The molecule has 0 saturated carbocycles. The summed E-state index contributed by atoms with van der Waals surface area (Å²) in [5.74, 6) is 0.527. The molecule has 0 spiro atoms. The normalized spacial score (nSPS) is 11.3. The number of rotatable bonds is 2. The van der Waals surface area contributed by atoms with Gasteiger partial charge in [0.25, 0.3) is 0 Å². The number of nitrogens with zero attached hydrogens (tertiary/aromatic N) is 1. The third-order valence-electron chi connectivity index (χ3n) is 4.15. The van der Waals surface area contributed by atoms with Crippen LogP contribution in [0.3, 0.4) is 0 Å². The molecule has 0 atom stereocenters. The van der Waals surface area contributed by atoms with E-state index in [0.29, 0.717) is 5.56 Å². The number of H-pyrrole nitrogens is 1. The SMILES string of the molecule is Cc1noc(C)c1-c1cc(-c2ccccc2F)c2cc[nH]c2c1. The summed E-state index contributed by atoms with van der Waals surface area (Å²) in [6, 6.07) is 12.8. The highest BCUT2D eigenvalue weighted by Gasteiger charge is 2.16. The standard InChI is InChI=1S/C19H15FN2O/c1-11-19(12(2)23-22-11)13-9-16(14-5-3-4-6-17(14)20)15-7-8-21-18(15)10-13/h3-10,21H,1-2H3. The molecule has 4 aromatic rings. The van der Waals surface area contributed by atoms with Gasteiger partial charge < -0.3 is 9.51 Å².